The highest BCUT2D eigenvalue weighted by Gasteiger charge is 2.26. The van der Waals surface area contributed by atoms with Gasteiger partial charge >= 0.3 is 0 Å². The summed E-state index contributed by atoms with van der Waals surface area (Å²) in [5, 5.41) is 9.58. The molecule has 0 unspecified atom stereocenters. The SMILES string of the molecule is N[C@@H]1COc2ccc(F)cc2[C@@H]1O. The van der Waals surface area contributed by atoms with Crippen LogP contribution in [-0.4, -0.2) is 17.8 Å². The third-order valence-corrected chi connectivity index (χ3v) is 2.13. The third-order valence-electron chi connectivity index (χ3n) is 2.13. The van der Waals surface area contributed by atoms with Crippen molar-refractivity contribution in [3.05, 3.63) is 29.6 Å². The van der Waals surface area contributed by atoms with Gasteiger partial charge in [0.05, 0.1) is 6.04 Å². The van der Waals surface area contributed by atoms with Crippen LogP contribution in [0.1, 0.15) is 11.7 Å². The average Bonchev–Trinajstić information content (AvgIpc) is 2.12. The van der Waals surface area contributed by atoms with Crippen LogP contribution in [0.3, 0.4) is 0 Å². The van der Waals surface area contributed by atoms with Crippen LogP contribution in [0.4, 0.5) is 4.39 Å². The molecular formula is C9H10FNO2. The highest BCUT2D eigenvalue weighted by molar-refractivity contribution is 5.38. The first kappa shape index (κ1) is 8.47. The molecule has 4 heteroatoms. The number of halogens is 1. The molecular weight excluding hydrogens is 173 g/mol. The molecule has 0 aliphatic carbocycles. The number of aliphatic hydroxyl groups excluding tert-OH is 1. The standard InChI is InChI=1S/C9H10FNO2/c10-5-1-2-8-6(3-5)9(12)7(11)4-13-8/h1-3,7,9,12H,4,11H2/t7-,9+/m1/s1. The van der Waals surface area contributed by atoms with Gasteiger partial charge in [-0.25, -0.2) is 4.39 Å². The van der Waals surface area contributed by atoms with Gasteiger partial charge in [0, 0.05) is 5.56 Å². The molecule has 13 heavy (non-hydrogen) atoms. The van der Waals surface area contributed by atoms with Crippen LogP contribution in [-0.2, 0) is 0 Å². The van der Waals surface area contributed by atoms with E-state index >= 15 is 0 Å². The number of ether oxygens (including phenoxy) is 1. The number of rotatable bonds is 0. The average molecular weight is 183 g/mol. The predicted molar refractivity (Wildman–Crippen MR) is 44.8 cm³/mol. The van der Waals surface area contributed by atoms with Crippen molar-refractivity contribution in [3.63, 3.8) is 0 Å². The summed E-state index contributed by atoms with van der Waals surface area (Å²) in [4.78, 5) is 0. The first-order valence-electron chi connectivity index (χ1n) is 4.04. The summed E-state index contributed by atoms with van der Waals surface area (Å²) in [6, 6.07) is 3.57. The van der Waals surface area contributed by atoms with Crippen LogP contribution in [0, 0.1) is 5.82 Å². The summed E-state index contributed by atoms with van der Waals surface area (Å²) in [6.45, 7) is 0.264. The second kappa shape index (κ2) is 2.97. The molecule has 2 rings (SSSR count). The van der Waals surface area contributed by atoms with Crippen molar-refractivity contribution in [2.45, 2.75) is 12.1 Å². The molecule has 0 amide bonds. The lowest BCUT2D eigenvalue weighted by Gasteiger charge is -2.27. The van der Waals surface area contributed by atoms with Crippen molar-refractivity contribution in [3.8, 4) is 5.75 Å². The highest BCUT2D eigenvalue weighted by Crippen LogP contribution is 2.31. The van der Waals surface area contributed by atoms with Crippen LogP contribution >= 0.6 is 0 Å². The fraction of sp³-hybridized carbons (Fsp3) is 0.333. The number of fused-ring (bicyclic) bond motifs is 1. The second-order valence-electron chi connectivity index (χ2n) is 3.10. The summed E-state index contributed by atoms with van der Waals surface area (Å²) in [5.41, 5.74) is 5.98. The number of nitrogens with two attached hydrogens (primary N) is 1. The van der Waals surface area contributed by atoms with E-state index in [9.17, 15) is 9.50 Å². The monoisotopic (exact) mass is 183 g/mol. The van der Waals surface area contributed by atoms with Crippen molar-refractivity contribution in [2.24, 2.45) is 5.73 Å². The molecule has 1 heterocycles. The van der Waals surface area contributed by atoms with Gasteiger partial charge in [-0.15, -0.1) is 0 Å². The Bertz CT molecular complexity index is 329. The van der Waals surface area contributed by atoms with Gasteiger partial charge in [-0.1, -0.05) is 0 Å². The van der Waals surface area contributed by atoms with Crippen LogP contribution in [0.15, 0.2) is 18.2 Å². The van der Waals surface area contributed by atoms with Gasteiger partial charge < -0.3 is 15.6 Å². The molecule has 0 spiro atoms. The lowest BCUT2D eigenvalue weighted by atomic mass is 10.00. The van der Waals surface area contributed by atoms with E-state index in [2.05, 4.69) is 0 Å². The van der Waals surface area contributed by atoms with Gasteiger partial charge in [0.1, 0.15) is 24.3 Å². The Morgan fingerprint density at radius 2 is 2.31 bits per heavy atom. The predicted octanol–water partition coefficient (Wildman–Crippen LogP) is 0.579. The molecule has 2 atom stereocenters. The first-order chi connectivity index (χ1) is 6.18. The van der Waals surface area contributed by atoms with Crippen molar-refractivity contribution < 1.29 is 14.2 Å². The van der Waals surface area contributed by atoms with E-state index in [4.69, 9.17) is 10.5 Å². The van der Waals surface area contributed by atoms with E-state index < -0.39 is 18.0 Å². The molecule has 0 aromatic heterocycles. The summed E-state index contributed by atoms with van der Waals surface area (Å²) < 4.78 is 18.0. The number of hydrogen-bond donors (Lipinski definition) is 2. The molecule has 0 radical (unpaired) electrons. The summed E-state index contributed by atoms with van der Waals surface area (Å²) >= 11 is 0. The Balaban J connectivity index is 2.45. The van der Waals surface area contributed by atoms with E-state index in [0.29, 0.717) is 11.3 Å². The molecule has 70 valence electrons. The Labute approximate surface area is 74.9 Å². The van der Waals surface area contributed by atoms with Gasteiger partial charge in [-0.3, -0.25) is 0 Å². The summed E-state index contributed by atoms with van der Waals surface area (Å²) in [7, 11) is 0. The van der Waals surface area contributed by atoms with Crippen molar-refractivity contribution in [1.29, 1.82) is 0 Å². The number of aliphatic hydroxyl groups is 1. The number of benzene rings is 1. The first-order valence-corrected chi connectivity index (χ1v) is 4.04. The van der Waals surface area contributed by atoms with Gasteiger partial charge in [-0.2, -0.15) is 0 Å². The molecule has 1 aliphatic heterocycles. The number of hydrogen-bond acceptors (Lipinski definition) is 3. The highest BCUT2D eigenvalue weighted by atomic mass is 19.1. The Kier molecular flexibility index (Phi) is 1.94. The summed E-state index contributed by atoms with van der Waals surface area (Å²) in [6.07, 6.45) is -0.834. The van der Waals surface area contributed by atoms with E-state index in [1.807, 2.05) is 0 Å². The molecule has 0 saturated carbocycles. The zero-order chi connectivity index (χ0) is 9.42. The molecule has 3 N–H and O–H groups in total. The van der Waals surface area contributed by atoms with E-state index in [-0.39, 0.29) is 6.61 Å². The minimum atomic E-state index is -0.834. The Morgan fingerprint density at radius 1 is 1.54 bits per heavy atom. The minimum Gasteiger partial charge on any atom is -0.491 e. The van der Waals surface area contributed by atoms with Crippen LogP contribution < -0.4 is 10.5 Å². The fourth-order valence-corrected chi connectivity index (χ4v) is 1.39. The Hall–Kier alpha value is -1.13. The van der Waals surface area contributed by atoms with Crippen molar-refractivity contribution in [2.75, 3.05) is 6.61 Å². The zero-order valence-corrected chi connectivity index (χ0v) is 6.90. The molecule has 0 fully saturated rings. The normalized spacial score (nSPS) is 26.4. The molecule has 0 saturated heterocycles. The molecule has 1 aliphatic rings. The smallest absolute Gasteiger partial charge is 0.125 e. The molecule has 3 nitrogen and oxygen atoms in total. The van der Waals surface area contributed by atoms with E-state index in [1.54, 1.807) is 0 Å². The van der Waals surface area contributed by atoms with Gasteiger partial charge in [0.15, 0.2) is 0 Å². The lowest BCUT2D eigenvalue weighted by molar-refractivity contribution is 0.0911. The van der Waals surface area contributed by atoms with Gasteiger partial charge in [-0.05, 0) is 18.2 Å². The maximum atomic E-state index is 12.8. The minimum absolute atomic E-state index is 0.264. The topological polar surface area (TPSA) is 55.5 Å². The fourth-order valence-electron chi connectivity index (χ4n) is 1.39. The zero-order valence-electron chi connectivity index (χ0n) is 6.90. The van der Waals surface area contributed by atoms with E-state index in [1.165, 1.54) is 18.2 Å². The van der Waals surface area contributed by atoms with Crippen LogP contribution in [0.5, 0.6) is 5.75 Å². The van der Waals surface area contributed by atoms with Gasteiger partial charge in [0.2, 0.25) is 0 Å². The summed E-state index contributed by atoms with van der Waals surface area (Å²) in [5.74, 6) is 0.117. The van der Waals surface area contributed by atoms with Crippen molar-refractivity contribution in [1.82, 2.24) is 0 Å². The second-order valence-corrected chi connectivity index (χ2v) is 3.10. The van der Waals surface area contributed by atoms with E-state index in [0.717, 1.165) is 0 Å². The van der Waals surface area contributed by atoms with Crippen molar-refractivity contribution >= 4 is 0 Å². The quantitative estimate of drug-likeness (QED) is 0.618. The largest absolute Gasteiger partial charge is 0.491 e. The maximum absolute atomic E-state index is 12.8. The van der Waals surface area contributed by atoms with Crippen LogP contribution in [0.25, 0.3) is 0 Å². The van der Waals surface area contributed by atoms with Gasteiger partial charge in [0.25, 0.3) is 0 Å². The van der Waals surface area contributed by atoms with Crippen LogP contribution in [0.2, 0.25) is 0 Å². The third kappa shape index (κ3) is 1.38. The maximum Gasteiger partial charge on any atom is 0.125 e. The molecule has 0 bridgehead atoms. The molecule has 1 aromatic rings. The lowest BCUT2D eigenvalue weighted by Crippen LogP contribution is -2.38. The Morgan fingerprint density at radius 3 is 3.08 bits per heavy atom. The molecule has 1 aromatic carbocycles.